The summed E-state index contributed by atoms with van der Waals surface area (Å²) >= 11 is 0. The molecule has 1 fully saturated rings. The molecule has 2 aliphatic rings. The third-order valence-corrected chi connectivity index (χ3v) is 5.46. The number of hydrogen-bond acceptors (Lipinski definition) is 2. The van der Waals surface area contributed by atoms with Crippen molar-refractivity contribution in [3.8, 4) is 0 Å². The van der Waals surface area contributed by atoms with E-state index in [2.05, 4.69) is 23.1 Å². The maximum atomic E-state index is 13.2. The SMILES string of the molecule is Cc1ccc(C(F)(F)F)cc1C1=CC2COCC(C1)N2Cc1ccccc1. The zero-order valence-electron chi connectivity index (χ0n) is 15.2. The van der Waals surface area contributed by atoms with Crippen molar-refractivity contribution in [2.45, 2.75) is 38.1 Å². The minimum atomic E-state index is -4.32. The van der Waals surface area contributed by atoms with Crippen molar-refractivity contribution in [2.75, 3.05) is 13.2 Å². The van der Waals surface area contributed by atoms with E-state index >= 15 is 0 Å². The van der Waals surface area contributed by atoms with Gasteiger partial charge in [0.25, 0.3) is 0 Å². The Morgan fingerprint density at radius 1 is 1.07 bits per heavy atom. The Balaban J connectivity index is 1.65. The van der Waals surface area contributed by atoms with Crippen LogP contribution in [0, 0.1) is 6.92 Å². The minimum Gasteiger partial charge on any atom is -0.378 e. The summed E-state index contributed by atoms with van der Waals surface area (Å²) in [5.74, 6) is 0. The molecule has 1 saturated heterocycles. The molecule has 4 rings (SSSR count). The molecule has 5 heteroatoms. The van der Waals surface area contributed by atoms with Gasteiger partial charge in [0.15, 0.2) is 0 Å². The molecular formula is C22H22F3NO. The summed E-state index contributed by atoms with van der Waals surface area (Å²) in [5.41, 5.74) is 3.24. The highest BCUT2D eigenvalue weighted by molar-refractivity contribution is 5.71. The maximum absolute atomic E-state index is 13.2. The van der Waals surface area contributed by atoms with Gasteiger partial charge in [-0.2, -0.15) is 13.2 Å². The van der Waals surface area contributed by atoms with Gasteiger partial charge in [0.1, 0.15) is 0 Å². The smallest absolute Gasteiger partial charge is 0.378 e. The van der Waals surface area contributed by atoms with Crippen LogP contribution in [0.25, 0.3) is 5.57 Å². The van der Waals surface area contributed by atoms with Gasteiger partial charge >= 0.3 is 6.18 Å². The fourth-order valence-corrected chi connectivity index (χ4v) is 4.05. The zero-order valence-corrected chi connectivity index (χ0v) is 15.2. The number of halogens is 3. The number of aryl methyl sites for hydroxylation is 1. The Bertz CT molecular complexity index is 844. The predicted molar refractivity (Wildman–Crippen MR) is 99.2 cm³/mol. The molecule has 0 spiro atoms. The summed E-state index contributed by atoms with van der Waals surface area (Å²) in [6.07, 6.45) is -1.53. The first-order valence-corrected chi connectivity index (χ1v) is 9.18. The van der Waals surface area contributed by atoms with Crippen LogP contribution >= 0.6 is 0 Å². The van der Waals surface area contributed by atoms with E-state index in [1.54, 1.807) is 6.07 Å². The number of fused-ring (bicyclic) bond motifs is 2. The number of nitrogens with zero attached hydrogens (tertiary/aromatic N) is 1. The van der Waals surface area contributed by atoms with E-state index in [0.29, 0.717) is 25.2 Å². The molecule has 142 valence electrons. The molecule has 0 aromatic heterocycles. The van der Waals surface area contributed by atoms with Gasteiger partial charge < -0.3 is 4.74 Å². The molecule has 2 aromatic rings. The minimum absolute atomic E-state index is 0.0849. The molecule has 0 saturated carbocycles. The molecule has 2 aliphatic heterocycles. The number of benzene rings is 2. The van der Waals surface area contributed by atoms with Gasteiger partial charge in [0, 0.05) is 12.6 Å². The zero-order chi connectivity index (χ0) is 19.0. The van der Waals surface area contributed by atoms with Crippen molar-refractivity contribution in [3.05, 3.63) is 76.9 Å². The van der Waals surface area contributed by atoms with E-state index in [9.17, 15) is 13.2 Å². The van der Waals surface area contributed by atoms with Crippen molar-refractivity contribution in [3.63, 3.8) is 0 Å². The topological polar surface area (TPSA) is 12.5 Å². The van der Waals surface area contributed by atoms with Crippen LogP contribution in [0.15, 0.2) is 54.6 Å². The molecule has 27 heavy (non-hydrogen) atoms. The molecule has 2 atom stereocenters. The van der Waals surface area contributed by atoms with Crippen molar-refractivity contribution < 1.29 is 17.9 Å². The predicted octanol–water partition coefficient (Wildman–Crippen LogP) is 5.07. The Morgan fingerprint density at radius 2 is 1.85 bits per heavy atom. The normalized spacial score (nSPS) is 23.2. The number of ether oxygens (including phenoxy) is 1. The Morgan fingerprint density at radius 3 is 2.56 bits per heavy atom. The van der Waals surface area contributed by atoms with Crippen LogP contribution in [0.1, 0.15) is 28.7 Å². The largest absolute Gasteiger partial charge is 0.416 e. The Hall–Kier alpha value is -2.11. The third-order valence-electron chi connectivity index (χ3n) is 5.46. The maximum Gasteiger partial charge on any atom is 0.416 e. The third kappa shape index (κ3) is 3.80. The lowest BCUT2D eigenvalue weighted by molar-refractivity contribution is -0.137. The van der Waals surface area contributed by atoms with Gasteiger partial charge in [0.05, 0.1) is 24.8 Å². The number of rotatable bonds is 3. The molecule has 2 nitrogen and oxygen atoms in total. The van der Waals surface area contributed by atoms with Crippen molar-refractivity contribution in [1.29, 1.82) is 0 Å². The summed E-state index contributed by atoms with van der Waals surface area (Å²) in [5, 5.41) is 0. The monoisotopic (exact) mass is 373 g/mol. The van der Waals surface area contributed by atoms with E-state index in [-0.39, 0.29) is 12.1 Å². The van der Waals surface area contributed by atoms with Gasteiger partial charge in [0.2, 0.25) is 0 Å². The van der Waals surface area contributed by atoms with Crippen LogP contribution in [0.3, 0.4) is 0 Å². The number of alkyl halides is 3. The van der Waals surface area contributed by atoms with Crippen molar-refractivity contribution >= 4 is 5.57 Å². The summed E-state index contributed by atoms with van der Waals surface area (Å²) in [6, 6.07) is 14.6. The van der Waals surface area contributed by atoms with E-state index in [1.807, 2.05) is 25.1 Å². The van der Waals surface area contributed by atoms with Crippen LogP contribution in [0.2, 0.25) is 0 Å². The van der Waals surface area contributed by atoms with Crippen molar-refractivity contribution in [2.24, 2.45) is 0 Å². The molecule has 0 radical (unpaired) electrons. The first-order valence-electron chi connectivity index (χ1n) is 9.18. The van der Waals surface area contributed by atoms with Gasteiger partial charge in [-0.15, -0.1) is 0 Å². The highest BCUT2D eigenvalue weighted by Crippen LogP contribution is 2.37. The van der Waals surface area contributed by atoms with Crippen LogP contribution in [-0.4, -0.2) is 30.2 Å². The molecule has 0 amide bonds. The van der Waals surface area contributed by atoms with Crippen molar-refractivity contribution in [1.82, 2.24) is 4.90 Å². The van der Waals surface area contributed by atoms with E-state index in [0.717, 1.165) is 23.7 Å². The Kier molecular flexibility index (Phi) is 4.82. The molecule has 2 bridgehead atoms. The fraction of sp³-hybridized carbons (Fsp3) is 0.364. The lowest BCUT2D eigenvalue weighted by Gasteiger charge is -2.45. The second kappa shape index (κ2) is 7.13. The van der Waals surface area contributed by atoms with E-state index in [4.69, 9.17) is 4.74 Å². The molecule has 2 unspecified atom stereocenters. The van der Waals surface area contributed by atoms with E-state index < -0.39 is 11.7 Å². The second-order valence-corrected chi connectivity index (χ2v) is 7.34. The summed E-state index contributed by atoms with van der Waals surface area (Å²) in [7, 11) is 0. The molecule has 2 heterocycles. The average molecular weight is 373 g/mol. The lowest BCUT2D eigenvalue weighted by Crippen LogP contribution is -2.53. The van der Waals surface area contributed by atoms with Gasteiger partial charge in [-0.25, -0.2) is 0 Å². The second-order valence-electron chi connectivity index (χ2n) is 7.34. The van der Waals surface area contributed by atoms with Crippen LogP contribution in [-0.2, 0) is 17.5 Å². The van der Waals surface area contributed by atoms with Gasteiger partial charge in [-0.1, -0.05) is 42.5 Å². The summed E-state index contributed by atoms with van der Waals surface area (Å²) < 4.78 is 45.2. The highest BCUT2D eigenvalue weighted by Gasteiger charge is 2.36. The average Bonchev–Trinajstić information content (AvgIpc) is 2.62. The number of hydrogen-bond donors (Lipinski definition) is 0. The molecule has 0 aliphatic carbocycles. The first-order chi connectivity index (χ1) is 12.9. The summed E-state index contributed by atoms with van der Waals surface area (Å²) in [4.78, 5) is 2.41. The lowest BCUT2D eigenvalue weighted by atomic mass is 9.87. The van der Waals surface area contributed by atoms with Crippen LogP contribution in [0.4, 0.5) is 13.2 Å². The summed E-state index contributed by atoms with van der Waals surface area (Å²) in [6.45, 7) is 3.88. The Labute approximate surface area is 157 Å². The fourth-order valence-electron chi connectivity index (χ4n) is 4.05. The molecule has 2 aromatic carbocycles. The molecular weight excluding hydrogens is 351 g/mol. The quantitative estimate of drug-likeness (QED) is 0.745. The van der Waals surface area contributed by atoms with Crippen LogP contribution < -0.4 is 0 Å². The van der Waals surface area contributed by atoms with Gasteiger partial charge in [-0.3, -0.25) is 4.90 Å². The van der Waals surface area contributed by atoms with Crippen LogP contribution in [0.5, 0.6) is 0 Å². The molecule has 0 N–H and O–H groups in total. The standard InChI is InChI=1S/C22H22F3NO/c1-15-7-8-18(22(23,24)25)11-21(15)17-9-19-13-27-14-20(10-17)26(19)12-16-5-3-2-4-6-16/h2-9,11,19-20H,10,12-14H2,1H3. The van der Waals surface area contributed by atoms with E-state index in [1.165, 1.54) is 11.6 Å². The number of morpholine rings is 1. The van der Waals surface area contributed by atoms with Gasteiger partial charge in [-0.05, 0) is 47.7 Å². The first kappa shape index (κ1) is 18.3. The highest BCUT2D eigenvalue weighted by atomic mass is 19.4.